The first kappa shape index (κ1) is 10.6. The molecule has 1 aromatic carbocycles. The van der Waals surface area contributed by atoms with Gasteiger partial charge >= 0.3 is 5.97 Å². The Morgan fingerprint density at radius 2 is 2.17 bits per heavy atom. The van der Waals surface area contributed by atoms with Gasteiger partial charge in [0.1, 0.15) is 0 Å². The molecule has 92 valence electrons. The van der Waals surface area contributed by atoms with Crippen molar-refractivity contribution in [3.63, 3.8) is 0 Å². The standard InChI is InChI=1S/C12H10N2O4/c1-14-11(12(15)16)8(5-13-14)7-2-3-9-10(4-7)18-6-17-9/h2-5H,6H2,1H3,(H,15,16). The van der Waals surface area contributed by atoms with Crippen LogP contribution in [0.1, 0.15) is 10.5 Å². The SMILES string of the molecule is Cn1ncc(-c2ccc3c(c2)OCO3)c1C(=O)O. The lowest BCUT2D eigenvalue weighted by atomic mass is 10.1. The van der Waals surface area contributed by atoms with E-state index in [0.29, 0.717) is 17.1 Å². The van der Waals surface area contributed by atoms with E-state index in [-0.39, 0.29) is 12.5 Å². The Kier molecular flexibility index (Phi) is 2.22. The van der Waals surface area contributed by atoms with Gasteiger partial charge in [-0.25, -0.2) is 4.79 Å². The minimum absolute atomic E-state index is 0.147. The van der Waals surface area contributed by atoms with Crippen molar-refractivity contribution in [2.24, 2.45) is 7.05 Å². The number of rotatable bonds is 2. The van der Waals surface area contributed by atoms with E-state index in [2.05, 4.69) is 5.10 Å². The Morgan fingerprint density at radius 1 is 1.39 bits per heavy atom. The smallest absolute Gasteiger partial charge is 0.354 e. The van der Waals surface area contributed by atoms with E-state index in [1.165, 1.54) is 10.9 Å². The second-order valence-electron chi connectivity index (χ2n) is 3.90. The Hall–Kier alpha value is -2.50. The third-order valence-corrected chi connectivity index (χ3v) is 2.82. The largest absolute Gasteiger partial charge is 0.477 e. The molecule has 6 heteroatoms. The summed E-state index contributed by atoms with van der Waals surface area (Å²) in [6.07, 6.45) is 1.53. The number of fused-ring (bicyclic) bond motifs is 1. The summed E-state index contributed by atoms with van der Waals surface area (Å²) in [4.78, 5) is 11.2. The number of benzene rings is 1. The van der Waals surface area contributed by atoms with Crippen LogP contribution in [-0.4, -0.2) is 27.6 Å². The number of ether oxygens (including phenoxy) is 2. The maximum absolute atomic E-state index is 11.2. The van der Waals surface area contributed by atoms with E-state index >= 15 is 0 Å². The van der Waals surface area contributed by atoms with Crippen LogP contribution in [0.2, 0.25) is 0 Å². The molecule has 18 heavy (non-hydrogen) atoms. The molecule has 0 fully saturated rings. The molecule has 6 nitrogen and oxygen atoms in total. The number of carbonyl (C=O) groups is 1. The van der Waals surface area contributed by atoms with Gasteiger partial charge in [-0.1, -0.05) is 6.07 Å². The average Bonchev–Trinajstić information content (AvgIpc) is 2.93. The van der Waals surface area contributed by atoms with E-state index < -0.39 is 5.97 Å². The molecule has 3 rings (SSSR count). The molecule has 0 atom stereocenters. The monoisotopic (exact) mass is 246 g/mol. The zero-order chi connectivity index (χ0) is 12.7. The topological polar surface area (TPSA) is 73.6 Å². The molecular weight excluding hydrogens is 236 g/mol. The van der Waals surface area contributed by atoms with Crippen LogP contribution in [0.3, 0.4) is 0 Å². The third kappa shape index (κ3) is 1.50. The number of hydrogen-bond donors (Lipinski definition) is 1. The first-order chi connectivity index (χ1) is 8.66. The van der Waals surface area contributed by atoms with Gasteiger partial charge in [0.2, 0.25) is 6.79 Å². The predicted octanol–water partition coefficient (Wildman–Crippen LogP) is 1.51. The van der Waals surface area contributed by atoms with Gasteiger partial charge in [0, 0.05) is 12.6 Å². The van der Waals surface area contributed by atoms with Crippen LogP contribution in [0, 0.1) is 0 Å². The van der Waals surface area contributed by atoms with Gasteiger partial charge in [0.25, 0.3) is 0 Å². The summed E-state index contributed by atoms with van der Waals surface area (Å²) >= 11 is 0. The molecule has 0 spiro atoms. The average molecular weight is 246 g/mol. The van der Waals surface area contributed by atoms with Gasteiger partial charge in [-0.2, -0.15) is 5.10 Å². The van der Waals surface area contributed by atoms with E-state index in [9.17, 15) is 9.90 Å². The number of aromatic nitrogens is 2. The molecule has 2 aromatic rings. The molecule has 1 N–H and O–H groups in total. The maximum Gasteiger partial charge on any atom is 0.354 e. The van der Waals surface area contributed by atoms with Crippen molar-refractivity contribution in [1.82, 2.24) is 9.78 Å². The quantitative estimate of drug-likeness (QED) is 0.869. The summed E-state index contributed by atoms with van der Waals surface area (Å²) in [7, 11) is 1.60. The van der Waals surface area contributed by atoms with E-state index in [0.717, 1.165) is 5.56 Å². The van der Waals surface area contributed by atoms with Gasteiger partial charge in [-0.15, -0.1) is 0 Å². The number of carboxylic acid groups (broad SMARTS) is 1. The Labute approximate surface area is 102 Å². The number of aromatic carboxylic acids is 1. The molecule has 0 radical (unpaired) electrons. The van der Waals surface area contributed by atoms with Crippen LogP contribution in [0.4, 0.5) is 0 Å². The van der Waals surface area contributed by atoms with Crippen LogP contribution >= 0.6 is 0 Å². The van der Waals surface area contributed by atoms with Crippen molar-refractivity contribution in [2.75, 3.05) is 6.79 Å². The van der Waals surface area contributed by atoms with Gasteiger partial charge in [-0.3, -0.25) is 4.68 Å². The van der Waals surface area contributed by atoms with Crippen LogP contribution in [0.15, 0.2) is 24.4 Å². The number of hydrogen-bond acceptors (Lipinski definition) is 4. The van der Waals surface area contributed by atoms with Gasteiger partial charge in [-0.05, 0) is 17.7 Å². The van der Waals surface area contributed by atoms with E-state index in [1.54, 1.807) is 25.2 Å². The minimum atomic E-state index is -1.01. The molecular formula is C12H10N2O4. The highest BCUT2D eigenvalue weighted by Crippen LogP contribution is 2.36. The van der Waals surface area contributed by atoms with Crippen molar-refractivity contribution in [3.8, 4) is 22.6 Å². The van der Waals surface area contributed by atoms with Gasteiger partial charge in [0.15, 0.2) is 17.2 Å². The molecule has 1 aliphatic heterocycles. The fourth-order valence-electron chi connectivity index (χ4n) is 1.97. The summed E-state index contributed by atoms with van der Waals surface area (Å²) in [5, 5.41) is 13.1. The normalized spacial score (nSPS) is 12.7. The number of nitrogens with zero attached hydrogens (tertiary/aromatic N) is 2. The Balaban J connectivity index is 2.13. The second kappa shape index (κ2) is 3.76. The fraction of sp³-hybridized carbons (Fsp3) is 0.167. The lowest BCUT2D eigenvalue weighted by Crippen LogP contribution is -2.06. The van der Waals surface area contributed by atoms with Crippen molar-refractivity contribution >= 4 is 5.97 Å². The summed E-state index contributed by atoms with van der Waals surface area (Å²) in [6, 6.07) is 5.30. The first-order valence-electron chi connectivity index (χ1n) is 5.32. The molecule has 0 unspecified atom stereocenters. The van der Waals surface area contributed by atoms with E-state index in [1.807, 2.05) is 0 Å². The van der Waals surface area contributed by atoms with Crippen molar-refractivity contribution in [2.45, 2.75) is 0 Å². The third-order valence-electron chi connectivity index (χ3n) is 2.82. The summed E-state index contributed by atoms with van der Waals surface area (Å²) in [5.74, 6) is 0.273. The highest BCUT2D eigenvalue weighted by atomic mass is 16.7. The fourth-order valence-corrected chi connectivity index (χ4v) is 1.97. The molecule has 1 aromatic heterocycles. The molecule has 0 amide bonds. The summed E-state index contributed by atoms with van der Waals surface area (Å²) in [6.45, 7) is 0.192. The lowest BCUT2D eigenvalue weighted by molar-refractivity contribution is 0.0686. The molecule has 0 saturated heterocycles. The van der Waals surface area contributed by atoms with Crippen LogP contribution in [0.25, 0.3) is 11.1 Å². The number of aryl methyl sites for hydroxylation is 1. The predicted molar refractivity (Wildman–Crippen MR) is 61.7 cm³/mol. The molecule has 0 bridgehead atoms. The Bertz CT molecular complexity index is 633. The highest BCUT2D eigenvalue weighted by molar-refractivity contribution is 5.94. The molecule has 1 aliphatic rings. The molecule has 2 heterocycles. The maximum atomic E-state index is 11.2. The molecule has 0 saturated carbocycles. The van der Waals surface area contributed by atoms with Gasteiger partial charge < -0.3 is 14.6 Å². The van der Waals surface area contributed by atoms with Crippen molar-refractivity contribution in [1.29, 1.82) is 0 Å². The zero-order valence-corrected chi connectivity index (χ0v) is 9.58. The lowest BCUT2D eigenvalue weighted by Gasteiger charge is -2.03. The second-order valence-corrected chi connectivity index (χ2v) is 3.90. The summed E-state index contributed by atoms with van der Waals surface area (Å²) < 4.78 is 11.8. The van der Waals surface area contributed by atoms with Crippen molar-refractivity contribution < 1.29 is 19.4 Å². The number of carboxylic acids is 1. The Morgan fingerprint density at radius 3 is 2.94 bits per heavy atom. The minimum Gasteiger partial charge on any atom is -0.477 e. The van der Waals surface area contributed by atoms with Crippen LogP contribution < -0.4 is 9.47 Å². The summed E-state index contributed by atoms with van der Waals surface area (Å²) in [5.41, 5.74) is 1.45. The van der Waals surface area contributed by atoms with Gasteiger partial charge in [0.05, 0.1) is 6.20 Å². The highest BCUT2D eigenvalue weighted by Gasteiger charge is 2.20. The first-order valence-corrected chi connectivity index (χ1v) is 5.32. The van der Waals surface area contributed by atoms with Crippen LogP contribution in [0.5, 0.6) is 11.5 Å². The van der Waals surface area contributed by atoms with Crippen molar-refractivity contribution in [3.05, 3.63) is 30.1 Å². The van der Waals surface area contributed by atoms with Crippen LogP contribution in [-0.2, 0) is 7.05 Å². The molecule has 0 aliphatic carbocycles. The van der Waals surface area contributed by atoms with E-state index in [4.69, 9.17) is 9.47 Å². The zero-order valence-electron chi connectivity index (χ0n) is 9.58.